The molecule has 3 aromatic carbocycles. The first-order valence-electron chi connectivity index (χ1n) is 11.5. The fraction of sp³-hybridized carbons (Fsp3) is 0. The number of hydrogen-bond donors (Lipinski definition) is 0. The third-order valence-electron chi connectivity index (χ3n) is 6.23. The molecule has 0 radical (unpaired) electrons. The summed E-state index contributed by atoms with van der Waals surface area (Å²) in [5.41, 5.74) is 4.27. The molecule has 38 heavy (non-hydrogen) atoms. The zero-order chi connectivity index (χ0) is 26.2. The minimum absolute atomic E-state index is 0.129. The monoisotopic (exact) mass is 506 g/mol. The predicted octanol–water partition coefficient (Wildman–Crippen LogP) is 6.10. The molecule has 1 aliphatic carbocycles. The van der Waals surface area contributed by atoms with Crippen molar-refractivity contribution in [2.45, 2.75) is 0 Å². The topological polar surface area (TPSA) is 119 Å². The van der Waals surface area contributed by atoms with Crippen LogP contribution < -0.4 is 0 Å². The number of benzene rings is 3. The van der Waals surface area contributed by atoms with Crippen LogP contribution in [0.2, 0.25) is 0 Å². The third kappa shape index (κ3) is 3.60. The molecule has 0 N–H and O–H groups in total. The minimum atomic E-state index is -0.268. The van der Waals surface area contributed by atoms with Gasteiger partial charge < -0.3 is 0 Å². The van der Waals surface area contributed by atoms with E-state index in [1.165, 1.54) is 11.3 Å². The Hall–Kier alpha value is -5.62. The number of allylic oxidation sites excluding steroid dienone is 3. The van der Waals surface area contributed by atoms with Crippen LogP contribution in [0.4, 0.5) is 0 Å². The summed E-state index contributed by atoms with van der Waals surface area (Å²) in [7, 11) is 0. The molecule has 0 unspecified atom stereocenters. The molecule has 2 heterocycles. The zero-order valence-electron chi connectivity index (χ0n) is 19.6. The molecule has 0 saturated heterocycles. The Morgan fingerprint density at radius 1 is 0.842 bits per heavy atom. The second-order valence-electron chi connectivity index (χ2n) is 8.38. The standard InChI is InChI=1S/C30H14N6OS/c31-15-18-10-12-19(13-11-18)29-35-28-30(38-29)34-25(36(28)21-6-2-1-3-7-21)14-24-26(20(16-32)17-33)22-8-4-5-9-23(22)27(24)37/h1-14H/b24-14-. The van der Waals surface area contributed by atoms with Gasteiger partial charge in [-0.2, -0.15) is 15.8 Å². The van der Waals surface area contributed by atoms with Gasteiger partial charge in [0.25, 0.3) is 0 Å². The molecule has 0 amide bonds. The molecular formula is C30H14N6OS. The normalized spacial score (nSPS) is 13.2. The SMILES string of the molecule is N#CC(C#N)=C1/C(=C/c2nc3sc(-c4ccc(C#N)cc4)nc3n2-c2ccccc2)C(=O)c2ccccc21. The Labute approximate surface area is 221 Å². The van der Waals surface area contributed by atoms with Crippen LogP contribution in [-0.2, 0) is 0 Å². The lowest BCUT2D eigenvalue weighted by atomic mass is 9.99. The van der Waals surface area contributed by atoms with E-state index in [2.05, 4.69) is 6.07 Å². The summed E-state index contributed by atoms with van der Waals surface area (Å²) in [5.74, 6) is 0.191. The molecule has 8 heteroatoms. The van der Waals surface area contributed by atoms with E-state index >= 15 is 0 Å². The fourth-order valence-electron chi connectivity index (χ4n) is 4.50. The number of carbonyl (C=O) groups excluding carboxylic acids is 1. The molecule has 0 fully saturated rings. The summed E-state index contributed by atoms with van der Waals surface area (Å²) in [4.78, 5) is 23.8. The highest BCUT2D eigenvalue weighted by Gasteiger charge is 2.33. The van der Waals surface area contributed by atoms with Crippen LogP contribution in [0.25, 0.3) is 38.4 Å². The van der Waals surface area contributed by atoms with Gasteiger partial charge in [0, 0.05) is 28.0 Å². The first-order chi connectivity index (χ1) is 18.6. The molecule has 2 aromatic heterocycles. The van der Waals surface area contributed by atoms with Crippen molar-refractivity contribution in [2.24, 2.45) is 0 Å². The van der Waals surface area contributed by atoms with Crippen LogP contribution in [-0.4, -0.2) is 20.3 Å². The van der Waals surface area contributed by atoms with Crippen LogP contribution in [0.3, 0.4) is 0 Å². The molecule has 0 bridgehead atoms. The van der Waals surface area contributed by atoms with E-state index < -0.39 is 0 Å². The maximum Gasteiger partial charge on any atom is 0.194 e. The smallest absolute Gasteiger partial charge is 0.194 e. The maximum atomic E-state index is 13.4. The van der Waals surface area contributed by atoms with Crippen molar-refractivity contribution >= 4 is 39.2 Å². The Morgan fingerprint density at radius 2 is 1.53 bits per heavy atom. The van der Waals surface area contributed by atoms with E-state index in [9.17, 15) is 15.3 Å². The molecule has 5 aromatic rings. The van der Waals surface area contributed by atoms with Crippen LogP contribution in [0.15, 0.2) is 90.0 Å². The van der Waals surface area contributed by atoms with Crippen molar-refractivity contribution in [1.82, 2.24) is 14.5 Å². The number of rotatable bonds is 3. The summed E-state index contributed by atoms with van der Waals surface area (Å²) >= 11 is 1.40. The molecule has 0 spiro atoms. The number of ketones is 1. The lowest BCUT2D eigenvalue weighted by Crippen LogP contribution is -2.01. The van der Waals surface area contributed by atoms with Crippen molar-refractivity contribution in [1.29, 1.82) is 15.8 Å². The van der Waals surface area contributed by atoms with E-state index in [0.29, 0.717) is 38.6 Å². The van der Waals surface area contributed by atoms with Gasteiger partial charge in [0.2, 0.25) is 0 Å². The number of nitriles is 3. The summed E-state index contributed by atoms with van der Waals surface area (Å²) in [5, 5.41) is 29.2. The van der Waals surface area contributed by atoms with Gasteiger partial charge in [-0.1, -0.05) is 65.9 Å². The second kappa shape index (κ2) is 9.11. The lowest BCUT2D eigenvalue weighted by molar-refractivity contribution is 0.104. The lowest BCUT2D eigenvalue weighted by Gasteiger charge is -2.07. The van der Waals surface area contributed by atoms with E-state index in [1.54, 1.807) is 42.5 Å². The number of fused-ring (bicyclic) bond motifs is 2. The Bertz CT molecular complexity index is 1940. The van der Waals surface area contributed by atoms with Gasteiger partial charge in [-0.25, -0.2) is 9.97 Å². The molecule has 6 rings (SSSR count). The second-order valence-corrected chi connectivity index (χ2v) is 9.36. The number of aromatic nitrogens is 3. The predicted molar refractivity (Wildman–Crippen MR) is 144 cm³/mol. The average Bonchev–Trinajstić information content (AvgIpc) is 3.60. The maximum absolute atomic E-state index is 13.4. The molecule has 0 saturated carbocycles. The van der Waals surface area contributed by atoms with E-state index in [0.717, 1.165) is 16.3 Å². The molecule has 7 nitrogen and oxygen atoms in total. The van der Waals surface area contributed by atoms with Crippen LogP contribution in [0.5, 0.6) is 0 Å². The highest BCUT2D eigenvalue weighted by molar-refractivity contribution is 7.21. The van der Waals surface area contributed by atoms with Crippen molar-refractivity contribution in [2.75, 3.05) is 0 Å². The van der Waals surface area contributed by atoms with Crippen molar-refractivity contribution in [3.63, 3.8) is 0 Å². The van der Waals surface area contributed by atoms with Gasteiger partial charge in [-0.3, -0.25) is 9.36 Å². The Morgan fingerprint density at radius 3 is 2.21 bits per heavy atom. The first-order valence-corrected chi connectivity index (χ1v) is 12.3. The van der Waals surface area contributed by atoms with Crippen LogP contribution in [0.1, 0.15) is 27.3 Å². The van der Waals surface area contributed by atoms with Crippen molar-refractivity contribution < 1.29 is 4.79 Å². The summed E-state index contributed by atoms with van der Waals surface area (Å²) in [6.07, 6.45) is 1.63. The largest absolute Gasteiger partial charge is 0.289 e. The van der Waals surface area contributed by atoms with Gasteiger partial charge in [-0.15, -0.1) is 0 Å². The molecule has 0 aliphatic heterocycles. The summed E-state index contributed by atoms with van der Waals surface area (Å²) < 4.78 is 1.86. The number of nitrogens with zero attached hydrogens (tertiary/aromatic N) is 6. The van der Waals surface area contributed by atoms with Crippen LogP contribution in [0, 0.1) is 34.0 Å². The van der Waals surface area contributed by atoms with Crippen LogP contribution >= 0.6 is 11.3 Å². The summed E-state index contributed by atoms with van der Waals surface area (Å²) in [6, 6.07) is 29.7. The number of Topliss-reactive ketones (excluding diaryl/α,β-unsaturated/α-hetero) is 1. The molecular weight excluding hydrogens is 492 g/mol. The number of imidazole rings is 1. The van der Waals surface area contributed by atoms with Gasteiger partial charge in [0.15, 0.2) is 16.3 Å². The van der Waals surface area contributed by atoms with Gasteiger partial charge in [0.05, 0.1) is 11.6 Å². The highest BCUT2D eigenvalue weighted by Crippen LogP contribution is 2.40. The quantitative estimate of drug-likeness (QED) is 0.215. The number of hydrogen-bond acceptors (Lipinski definition) is 7. The zero-order valence-corrected chi connectivity index (χ0v) is 20.4. The van der Waals surface area contributed by atoms with E-state index in [-0.39, 0.29) is 16.9 Å². The third-order valence-corrected chi connectivity index (χ3v) is 7.21. The number of thiazole rings is 1. The number of carbonyl (C=O) groups is 1. The fourth-order valence-corrected chi connectivity index (χ4v) is 5.44. The van der Waals surface area contributed by atoms with E-state index in [4.69, 9.17) is 15.2 Å². The Kier molecular flexibility index (Phi) is 5.47. The molecule has 176 valence electrons. The van der Waals surface area contributed by atoms with Gasteiger partial charge in [0.1, 0.15) is 28.5 Å². The molecule has 0 atom stereocenters. The average molecular weight is 507 g/mol. The highest BCUT2D eigenvalue weighted by atomic mass is 32.1. The summed E-state index contributed by atoms with van der Waals surface area (Å²) in [6.45, 7) is 0. The van der Waals surface area contributed by atoms with Crippen molar-refractivity contribution in [3.8, 4) is 34.5 Å². The molecule has 1 aliphatic rings. The van der Waals surface area contributed by atoms with E-state index in [1.807, 2.05) is 59.2 Å². The minimum Gasteiger partial charge on any atom is -0.289 e. The van der Waals surface area contributed by atoms with Gasteiger partial charge in [-0.05, 0) is 35.9 Å². The first kappa shape index (κ1) is 22.8. The number of para-hydroxylation sites is 1. The van der Waals surface area contributed by atoms with Crippen molar-refractivity contribution in [3.05, 3.63) is 113 Å². The van der Waals surface area contributed by atoms with Gasteiger partial charge >= 0.3 is 0 Å². The Balaban J connectivity index is 1.58.